The van der Waals surface area contributed by atoms with Crippen molar-refractivity contribution in [2.75, 3.05) is 25.6 Å². The minimum atomic E-state index is -0.104. The van der Waals surface area contributed by atoms with Crippen molar-refractivity contribution in [2.24, 2.45) is 0 Å². The number of hydrogen-bond acceptors (Lipinski definition) is 6. The zero-order valence-electron chi connectivity index (χ0n) is 17.0. The molecule has 0 bridgehead atoms. The molecule has 1 unspecified atom stereocenters. The number of carbonyl (C=O) groups excluding carboxylic acids is 1. The van der Waals surface area contributed by atoms with Crippen molar-refractivity contribution in [1.82, 2.24) is 14.5 Å². The Labute approximate surface area is 184 Å². The summed E-state index contributed by atoms with van der Waals surface area (Å²) < 4.78 is 12.4. The van der Waals surface area contributed by atoms with Crippen LogP contribution in [0.15, 0.2) is 53.6 Å². The van der Waals surface area contributed by atoms with Crippen LogP contribution in [0.25, 0.3) is 10.9 Å². The molecule has 2 aliphatic rings. The molecule has 5 rings (SSSR count). The highest BCUT2D eigenvalue weighted by Gasteiger charge is 2.24. The van der Waals surface area contributed by atoms with E-state index in [4.69, 9.17) is 9.47 Å². The summed E-state index contributed by atoms with van der Waals surface area (Å²) in [6.07, 6.45) is 2.71. The lowest BCUT2D eigenvalue weighted by Crippen LogP contribution is -2.34. The zero-order valence-corrected chi connectivity index (χ0v) is 17.8. The molecule has 0 aliphatic carbocycles. The van der Waals surface area contributed by atoms with E-state index in [1.165, 1.54) is 16.5 Å². The van der Waals surface area contributed by atoms with Crippen molar-refractivity contribution in [3.05, 3.63) is 64.7 Å². The Bertz CT molecular complexity index is 1180. The molecule has 8 heteroatoms. The van der Waals surface area contributed by atoms with Crippen molar-refractivity contribution in [3.63, 3.8) is 0 Å². The van der Waals surface area contributed by atoms with Gasteiger partial charge < -0.3 is 14.4 Å². The van der Waals surface area contributed by atoms with E-state index in [-0.39, 0.29) is 18.3 Å². The third kappa shape index (κ3) is 4.12. The summed E-state index contributed by atoms with van der Waals surface area (Å²) in [5.41, 5.74) is 1.78. The normalized spacial score (nSPS) is 18.2. The minimum Gasteiger partial charge on any atom is -0.454 e. The lowest BCUT2D eigenvalue weighted by molar-refractivity contribution is -0.131. The number of carbonyl (C=O) groups is 1. The number of ether oxygens (including phenoxy) is 2. The van der Waals surface area contributed by atoms with Gasteiger partial charge in [-0.25, -0.2) is 4.98 Å². The van der Waals surface area contributed by atoms with Crippen LogP contribution in [0.4, 0.5) is 0 Å². The van der Waals surface area contributed by atoms with Gasteiger partial charge in [-0.05, 0) is 36.2 Å². The number of rotatable bonds is 4. The monoisotopic (exact) mass is 437 g/mol. The summed E-state index contributed by atoms with van der Waals surface area (Å²) in [4.78, 5) is 31.7. The van der Waals surface area contributed by atoms with Gasteiger partial charge in [0, 0.05) is 37.1 Å². The molecule has 1 aromatic heterocycles. The molecule has 2 aromatic carbocycles. The fourth-order valence-corrected chi connectivity index (χ4v) is 5.26. The van der Waals surface area contributed by atoms with Crippen LogP contribution in [0, 0.1) is 0 Å². The Morgan fingerprint density at radius 3 is 2.94 bits per heavy atom. The van der Waals surface area contributed by atoms with Crippen LogP contribution in [0.2, 0.25) is 0 Å². The maximum atomic E-state index is 12.8. The Hall–Kier alpha value is -3.00. The number of amides is 1. The van der Waals surface area contributed by atoms with Crippen molar-refractivity contribution < 1.29 is 14.3 Å². The van der Waals surface area contributed by atoms with Gasteiger partial charge in [0.2, 0.25) is 12.7 Å². The van der Waals surface area contributed by atoms with Gasteiger partial charge in [0.05, 0.1) is 17.2 Å². The summed E-state index contributed by atoms with van der Waals surface area (Å²) in [7, 11) is 0. The van der Waals surface area contributed by atoms with Gasteiger partial charge in [-0.3, -0.25) is 14.2 Å². The molecular weight excluding hydrogens is 414 g/mol. The lowest BCUT2D eigenvalue weighted by Gasteiger charge is -2.20. The Balaban J connectivity index is 1.21. The van der Waals surface area contributed by atoms with Crippen LogP contribution >= 0.6 is 11.8 Å². The number of thioether (sulfide) groups is 1. The van der Waals surface area contributed by atoms with Gasteiger partial charge in [-0.1, -0.05) is 18.2 Å². The molecule has 7 nitrogen and oxygen atoms in total. The second-order valence-corrected chi connectivity index (χ2v) is 8.96. The summed E-state index contributed by atoms with van der Waals surface area (Å²) >= 11 is 1.87. The van der Waals surface area contributed by atoms with E-state index < -0.39 is 0 Å². The quantitative estimate of drug-likeness (QED) is 0.624. The fourth-order valence-electron chi connectivity index (χ4n) is 4.04. The molecule has 160 valence electrons. The number of aromatic nitrogens is 2. The van der Waals surface area contributed by atoms with Crippen LogP contribution in [0.1, 0.15) is 23.7 Å². The van der Waals surface area contributed by atoms with Gasteiger partial charge in [0.1, 0.15) is 0 Å². The first-order valence-electron chi connectivity index (χ1n) is 10.4. The SMILES string of the molecule is O=C(CCn1cnc2ccccc2c1=O)N1CCSC(c2ccc3c(c2)OCO3)CC1. The van der Waals surface area contributed by atoms with E-state index in [0.717, 1.165) is 30.2 Å². The molecule has 1 fully saturated rings. The van der Waals surface area contributed by atoms with E-state index in [9.17, 15) is 9.59 Å². The summed E-state index contributed by atoms with van der Waals surface area (Å²) in [5, 5.41) is 0.898. The van der Waals surface area contributed by atoms with E-state index in [2.05, 4.69) is 17.1 Å². The molecule has 1 amide bonds. The van der Waals surface area contributed by atoms with Gasteiger partial charge >= 0.3 is 0 Å². The number of hydrogen-bond donors (Lipinski definition) is 0. The summed E-state index contributed by atoms with van der Waals surface area (Å²) in [6, 6.07) is 13.4. The summed E-state index contributed by atoms with van der Waals surface area (Å²) in [6.45, 7) is 2.03. The van der Waals surface area contributed by atoms with Gasteiger partial charge in [-0.2, -0.15) is 11.8 Å². The fraction of sp³-hybridized carbons (Fsp3) is 0.348. The molecule has 0 N–H and O–H groups in total. The van der Waals surface area contributed by atoms with E-state index in [1.807, 2.05) is 40.9 Å². The average Bonchev–Trinajstić information content (AvgIpc) is 3.13. The van der Waals surface area contributed by atoms with Crippen LogP contribution in [-0.2, 0) is 11.3 Å². The molecule has 0 spiro atoms. The van der Waals surface area contributed by atoms with Crippen LogP contribution < -0.4 is 15.0 Å². The van der Waals surface area contributed by atoms with Gasteiger partial charge in [-0.15, -0.1) is 0 Å². The van der Waals surface area contributed by atoms with Crippen molar-refractivity contribution >= 4 is 28.6 Å². The molecule has 2 aliphatic heterocycles. The highest BCUT2D eigenvalue weighted by atomic mass is 32.2. The van der Waals surface area contributed by atoms with Gasteiger partial charge in [0.15, 0.2) is 11.5 Å². The minimum absolute atomic E-state index is 0.0759. The Morgan fingerprint density at radius 1 is 1.13 bits per heavy atom. The highest BCUT2D eigenvalue weighted by Crippen LogP contribution is 2.40. The number of benzene rings is 2. The van der Waals surface area contributed by atoms with Crippen LogP contribution in [0.5, 0.6) is 11.5 Å². The summed E-state index contributed by atoms with van der Waals surface area (Å²) in [5.74, 6) is 2.54. The third-order valence-electron chi connectivity index (χ3n) is 5.76. The first-order valence-corrected chi connectivity index (χ1v) is 11.5. The number of para-hydroxylation sites is 1. The standard InChI is InChI=1S/C23H23N3O4S/c27-22(8-10-26-14-24-18-4-2-1-3-17(18)23(26)28)25-9-7-21(31-12-11-25)16-5-6-19-20(13-16)30-15-29-19/h1-6,13-14,21H,7-12,15H2. The molecular formula is C23H23N3O4S. The molecule has 1 saturated heterocycles. The predicted octanol–water partition coefficient (Wildman–Crippen LogP) is 3.22. The lowest BCUT2D eigenvalue weighted by atomic mass is 10.1. The molecule has 0 saturated carbocycles. The Morgan fingerprint density at radius 2 is 2.00 bits per heavy atom. The number of aryl methyl sites for hydroxylation is 1. The van der Waals surface area contributed by atoms with Crippen molar-refractivity contribution in [3.8, 4) is 11.5 Å². The van der Waals surface area contributed by atoms with Crippen LogP contribution in [-0.4, -0.2) is 46.0 Å². The maximum Gasteiger partial charge on any atom is 0.261 e. The number of nitrogens with zero attached hydrogens (tertiary/aromatic N) is 3. The van der Waals surface area contributed by atoms with Crippen molar-refractivity contribution in [1.29, 1.82) is 0 Å². The molecule has 31 heavy (non-hydrogen) atoms. The predicted molar refractivity (Wildman–Crippen MR) is 120 cm³/mol. The molecule has 0 radical (unpaired) electrons. The first kappa shape index (κ1) is 19.9. The van der Waals surface area contributed by atoms with Crippen molar-refractivity contribution in [2.45, 2.75) is 24.6 Å². The van der Waals surface area contributed by atoms with Gasteiger partial charge in [0.25, 0.3) is 5.56 Å². The Kier molecular flexibility index (Phi) is 5.55. The van der Waals surface area contributed by atoms with E-state index >= 15 is 0 Å². The second kappa shape index (κ2) is 8.63. The maximum absolute atomic E-state index is 12.8. The largest absolute Gasteiger partial charge is 0.454 e. The zero-order chi connectivity index (χ0) is 21.2. The first-order chi connectivity index (χ1) is 15.2. The molecule has 3 heterocycles. The molecule has 1 atom stereocenters. The highest BCUT2D eigenvalue weighted by molar-refractivity contribution is 7.99. The second-order valence-electron chi connectivity index (χ2n) is 7.65. The van der Waals surface area contributed by atoms with Crippen LogP contribution in [0.3, 0.4) is 0 Å². The number of fused-ring (bicyclic) bond motifs is 2. The third-order valence-corrected chi connectivity index (χ3v) is 7.09. The van der Waals surface area contributed by atoms with E-state index in [1.54, 1.807) is 6.07 Å². The smallest absolute Gasteiger partial charge is 0.261 e. The topological polar surface area (TPSA) is 73.7 Å². The average molecular weight is 438 g/mol. The molecule has 3 aromatic rings. The van der Waals surface area contributed by atoms with E-state index in [0.29, 0.717) is 35.7 Å².